The normalized spacial score (nSPS) is 11.7. The van der Waals surface area contributed by atoms with Crippen LogP contribution in [0.5, 0.6) is 0 Å². The summed E-state index contributed by atoms with van der Waals surface area (Å²) in [7, 11) is 0. The molecular formula is C23H30N2O2. The predicted molar refractivity (Wildman–Crippen MR) is 109 cm³/mol. The molecule has 0 saturated carbocycles. The number of hydrogen-bond acceptors (Lipinski definition) is 2. The molecule has 27 heavy (non-hydrogen) atoms. The average molecular weight is 367 g/mol. The second-order valence-corrected chi connectivity index (χ2v) is 6.99. The van der Waals surface area contributed by atoms with Crippen molar-refractivity contribution in [1.82, 2.24) is 10.2 Å². The molecule has 0 unspecified atom stereocenters. The first kappa shape index (κ1) is 20.7. The van der Waals surface area contributed by atoms with Crippen LogP contribution < -0.4 is 5.32 Å². The number of carbonyl (C=O) groups is 2. The van der Waals surface area contributed by atoms with Gasteiger partial charge in [0.15, 0.2) is 0 Å². The first-order chi connectivity index (χ1) is 12.9. The van der Waals surface area contributed by atoms with Crippen molar-refractivity contribution in [3.63, 3.8) is 0 Å². The van der Waals surface area contributed by atoms with Crippen molar-refractivity contribution in [1.29, 1.82) is 0 Å². The standard InChI is InChI=1S/C23H30N2O2/c1-5-21(23(27)24-6-2)25(16-20-9-7-8-18(4)14-20)22(26)15-19-12-10-17(3)11-13-19/h7-14,21H,5-6,15-16H2,1-4H3,(H,24,27)/t21-/m1/s1. The van der Waals surface area contributed by atoms with E-state index in [-0.39, 0.29) is 11.8 Å². The number of rotatable bonds is 8. The summed E-state index contributed by atoms with van der Waals surface area (Å²) in [6.45, 7) is 8.88. The first-order valence-corrected chi connectivity index (χ1v) is 9.62. The quantitative estimate of drug-likeness (QED) is 0.773. The number of carbonyl (C=O) groups excluding carboxylic acids is 2. The molecule has 0 aliphatic heterocycles. The smallest absolute Gasteiger partial charge is 0.242 e. The van der Waals surface area contributed by atoms with Gasteiger partial charge in [-0.3, -0.25) is 9.59 Å². The first-order valence-electron chi connectivity index (χ1n) is 9.62. The van der Waals surface area contributed by atoms with E-state index in [4.69, 9.17) is 0 Å². The van der Waals surface area contributed by atoms with Gasteiger partial charge in [0.1, 0.15) is 6.04 Å². The van der Waals surface area contributed by atoms with Crippen molar-refractivity contribution in [3.8, 4) is 0 Å². The lowest BCUT2D eigenvalue weighted by Gasteiger charge is -2.30. The molecule has 0 aliphatic carbocycles. The van der Waals surface area contributed by atoms with Gasteiger partial charge in [0.2, 0.25) is 11.8 Å². The highest BCUT2D eigenvalue weighted by molar-refractivity contribution is 5.88. The maximum absolute atomic E-state index is 13.1. The number of likely N-dealkylation sites (N-methyl/N-ethyl adjacent to an activating group) is 1. The van der Waals surface area contributed by atoms with Crippen LogP contribution in [0, 0.1) is 13.8 Å². The van der Waals surface area contributed by atoms with E-state index in [0.29, 0.717) is 25.9 Å². The molecule has 0 heterocycles. The molecule has 0 spiro atoms. The number of nitrogens with zero attached hydrogens (tertiary/aromatic N) is 1. The van der Waals surface area contributed by atoms with E-state index in [9.17, 15) is 9.59 Å². The van der Waals surface area contributed by atoms with E-state index >= 15 is 0 Å². The maximum Gasteiger partial charge on any atom is 0.242 e. The van der Waals surface area contributed by atoms with E-state index in [1.54, 1.807) is 4.90 Å². The van der Waals surface area contributed by atoms with Crippen molar-refractivity contribution in [3.05, 3.63) is 70.8 Å². The van der Waals surface area contributed by atoms with Crippen LogP contribution in [0.25, 0.3) is 0 Å². The lowest BCUT2D eigenvalue weighted by Crippen LogP contribution is -2.49. The number of amides is 2. The van der Waals surface area contributed by atoms with Crippen molar-refractivity contribution >= 4 is 11.8 Å². The van der Waals surface area contributed by atoms with Gasteiger partial charge in [0.05, 0.1) is 6.42 Å². The molecule has 2 rings (SSSR count). The lowest BCUT2D eigenvalue weighted by molar-refractivity contribution is -0.140. The van der Waals surface area contributed by atoms with Crippen LogP contribution in [0.1, 0.15) is 42.5 Å². The minimum absolute atomic E-state index is 0.0292. The third-order valence-electron chi connectivity index (χ3n) is 4.65. The second-order valence-electron chi connectivity index (χ2n) is 6.99. The van der Waals surface area contributed by atoms with E-state index in [1.165, 1.54) is 0 Å². The number of benzene rings is 2. The Morgan fingerprint density at radius 2 is 1.67 bits per heavy atom. The molecule has 4 nitrogen and oxygen atoms in total. The van der Waals surface area contributed by atoms with Crippen LogP contribution in [0.2, 0.25) is 0 Å². The SMILES string of the molecule is CCNC(=O)[C@@H](CC)N(Cc1cccc(C)c1)C(=O)Cc1ccc(C)cc1. The Morgan fingerprint density at radius 1 is 0.963 bits per heavy atom. The summed E-state index contributed by atoms with van der Waals surface area (Å²) in [4.78, 5) is 27.4. The number of aryl methyl sites for hydroxylation is 2. The fraction of sp³-hybridized carbons (Fsp3) is 0.391. The monoisotopic (exact) mass is 366 g/mol. The molecular weight excluding hydrogens is 336 g/mol. The summed E-state index contributed by atoms with van der Waals surface area (Å²) in [6.07, 6.45) is 0.874. The molecule has 2 aromatic carbocycles. The zero-order valence-corrected chi connectivity index (χ0v) is 16.8. The summed E-state index contributed by atoms with van der Waals surface area (Å²) in [5.74, 6) is -0.122. The van der Waals surface area contributed by atoms with Crippen molar-refractivity contribution in [2.75, 3.05) is 6.54 Å². The minimum atomic E-state index is -0.469. The summed E-state index contributed by atoms with van der Waals surface area (Å²) < 4.78 is 0. The van der Waals surface area contributed by atoms with Crippen molar-refractivity contribution in [2.45, 2.75) is 53.1 Å². The molecule has 1 N–H and O–H groups in total. The van der Waals surface area contributed by atoms with E-state index in [0.717, 1.165) is 22.3 Å². The average Bonchev–Trinajstić information content (AvgIpc) is 2.63. The van der Waals surface area contributed by atoms with E-state index in [2.05, 4.69) is 11.4 Å². The van der Waals surface area contributed by atoms with Gasteiger partial charge in [-0.2, -0.15) is 0 Å². The van der Waals surface area contributed by atoms with Crippen LogP contribution in [0.4, 0.5) is 0 Å². The van der Waals surface area contributed by atoms with Crippen LogP contribution in [0.3, 0.4) is 0 Å². The van der Waals surface area contributed by atoms with Crippen LogP contribution in [-0.2, 0) is 22.6 Å². The molecule has 4 heteroatoms. The molecule has 0 aliphatic rings. The maximum atomic E-state index is 13.1. The van der Waals surface area contributed by atoms with E-state index in [1.807, 2.05) is 70.2 Å². The Kier molecular flexibility index (Phi) is 7.59. The van der Waals surface area contributed by atoms with Crippen LogP contribution in [-0.4, -0.2) is 29.3 Å². The third-order valence-corrected chi connectivity index (χ3v) is 4.65. The topological polar surface area (TPSA) is 49.4 Å². The lowest BCUT2D eigenvalue weighted by atomic mass is 10.0. The number of hydrogen-bond donors (Lipinski definition) is 1. The Labute approximate surface area is 162 Å². The highest BCUT2D eigenvalue weighted by Gasteiger charge is 2.28. The highest BCUT2D eigenvalue weighted by atomic mass is 16.2. The molecule has 0 radical (unpaired) electrons. The van der Waals surface area contributed by atoms with Crippen LogP contribution in [0.15, 0.2) is 48.5 Å². The Hall–Kier alpha value is -2.62. The number of nitrogens with one attached hydrogen (secondary N) is 1. The molecule has 0 aromatic heterocycles. The summed E-state index contributed by atoms with van der Waals surface area (Å²) in [6, 6.07) is 15.6. The zero-order valence-electron chi connectivity index (χ0n) is 16.8. The second kappa shape index (κ2) is 9.91. The molecule has 0 bridgehead atoms. The third kappa shape index (κ3) is 5.95. The summed E-state index contributed by atoms with van der Waals surface area (Å²) in [5.41, 5.74) is 4.31. The van der Waals surface area contributed by atoms with E-state index < -0.39 is 6.04 Å². The zero-order chi connectivity index (χ0) is 19.8. The van der Waals surface area contributed by atoms with Crippen molar-refractivity contribution in [2.24, 2.45) is 0 Å². The molecule has 0 fully saturated rings. The molecule has 144 valence electrons. The van der Waals surface area contributed by atoms with Gasteiger partial charge in [0, 0.05) is 13.1 Å². The van der Waals surface area contributed by atoms with Gasteiger partial charge in [-0.1, -0.05) is 66.6 Å². The fourth-order valence-corrected chi connectivity index (χ4v) is 3.20. The molecule has 2 amide bonds. The van der Waals surface area contributed by atoms with Gasteiger partial charge in [-0.05, 0) is 38.3 Å². The van der Waals surface area contributed by atoms with Crippen LogP contribution >= 0.6 is 0 Å². The largest absolute Gasteiger partial charge is 0.355 e. The van der Waals surface area contributed by atoms with Gasteiger partial charge < -0.3 is 10.2 Å². The summed E-state index contributed by atoms with van der Waals surface area (Å²) >= 11 is 0. The molecule has 2 aromatic rings. The minimum Gasteiger partial charge on any atom is -0.355 e. The Bertz CT molecular complexity index is 768. The Morgan fingerprint density at radius 3 is 2.26 bits per heavy atom. The molecule has 1 atom stereocenters. The van der Waals surface area contributed by atoms with Gasteiger partial charge in [-0.25, -0.2) is 0 Å². The van der Waals surface area contributed by atoms with Gasteiger partial charge >= 0.3 is 0 Å². The molecule has 0 saturated heterocycles. The van der Waals surface area contributed by atoms with Gasteiger partial charge in [0.25, 0.3) is 0 Å². The highest BCUT2D eigenvalue weighted by Crippen LogP contribution is 2.16. The fourth-order valence-electron chi connectivity index (χ4n) is 3.20. The Balaban J connectivity index is 2.27. The summed E-state index contributed by atoms with van der Waals surface area (Å²) in [5, 5.41) is 2.87. The predicted octanol–water partition coefficient (Wildman–Crippen LogP) is 3.79. The van der Waals surface area contributed by atoms with Crippen molar-refractivity contribution < 1.29 is 9.59 Å². The van der Waals surface area contributed by atoms with Gasteiger partial charge in [-0.15, -0.1) is 0 Å².